The number of ether oxygens (including phenoxy) is 1. The van der Waals surface area contributed by atoms with E-state index in [1.165, 1.54) is 23.5 Å². The van der Waals surface area contributed by atoms with Gasteiger partial charge in [-0.15, -0.1) is 23.5 Å². The SMILES string of the molecule is CCOC(=O)C1([C@@H](O)[C@H](C)c2ccccc2)SCCS1. The first kappa shape index (κ1) is 15.7. The van der Waals surface area contributed by atoms with E-state index in [1.54, 1.807) is 6.92 Å². The van der Waals surface area contributed by atoms with Crippen molar-refractivity contribution in [3.63, 3.8) is 0 Å². The highest BCUT2D eigenvalue weighted by Crippen LogP contribution is 2.50. The van der Waals surface area contributed by atoms with E-state index in [-0.39, 0.29) is 11.9 Å². The van der Waals surface area contributed by atoms with Crippen molar-refractivity contribution in [3.05, 3.63) is 35.9 Å². The average molecular weight is 312 g/mol. The molecule has 110 valence electrons. The van der Waals surface area contributed by atoms with E-state index in [0.717, 1.165) is 17.1 Å². The lowest BCUT2D eigenvalue weighted by atomic mass is 9.93. The van der Waals surface area contributed by atoms with Gasteiger partial charge in [0.1, 0.15) is 0 Å². The molecule has 0 spiro atoms. The molecule has 0 bridgehead atoms. The molecular formula is C15H20O3S2. The number of aliphatic hydroxyl groups is 1. The van der Waals surface area contributed by atoms with Gasteiger partial charge < -0.3 is 9.84 Å². The Balaban J connectivity index is 2.23. The summed E-state index contributed by atoms with van der Waals surface area (Å²) >= 11 is 3.01. The largest absolute Gasteiger partial charge is 0.464 e. The number of aliphatic hydroxyl groups excluding tert-OH is 1. The third-order valence-corrected chi connectivity index (χ3v) is 6.92. The van der Waals surface area contributed by atoms with Crippen LogP contribution in [0.15, 0.2) is 30.3 Å². The van der Waals surface area contributed by atoms with Gasteiger partial charge in [-0.1, -0.05) is 37.3 Å². The number of carbonyl (C=O) groups is 1. The molecule has 1 saturated heterocycles. The minimum atomic E-state index is -0.884. The molecule has 20 heavy (non-hydrogen) atoms. The van der Waals surface area contributed by atoms with Gasteiger partial charge in [0.25, 0.3) is 0 Å². The van der Waals surface area contributed by atoms with Crippen LogP contribution in [0.3, 0.4) is 0 Å². The van der Waals surface area contributed by atoms with Crippen LogP contribution in [0, 0.1) is 0 Å². The molecule has 2 atom stereocenters. The topological polar surface area (TPSA) is 46.5 Å². The highest BCUT2D eigenvalue weighted by molar-refractivity contribution is 8.22. The fourth-order valence-corrected chi connectivity index (χ4v) is 5.55. The molecular weight excluding hydrogens is 292 g/mol. The van der Waals surface area contributed by atoms with Gasteiger partial charge >= 0.3 is 5.97 Å². The predicted octanol–water partition coefficient (Wildman–Crippen LogP) is 2.89. The van der Waals surface area contributed by atoms with Gasteiger partial charge in [-0.05, 0) is 12.5 Å². The van der Waals surface area contributed by atoms with Crippen molar-refractivity contribution in [1.82, 2.24) is 0 Å². The summed E-state index contributed by atoms with van der Waals surface area (Å²) < 4.78 is 4.31. The van der Waals surface area contributed by atoms with Gasteiger partial charge in [0, 0.05) is 17.4 Å². The van der Waals surface area contributed by atoms with Crippen LogP contribution in [0.4, 0.5) is 0 Å². The summed E-state index contributed by atoms with van der Waals surface area (Å²) in [4.78, 5) is 12.3. The van der Waals surface area contributed by atoms with Crippen LogP contribution in [0.25, 0.3) is 0 Å². The van der Waals surface area contributed by atoms with E-state index < -0.39 is 10.2 Å². The summed E-state index contributed by atoms with van der Waals surface area (Å²) in [5.41, 5.74) is 1.04. The van der Waals surface area contributed by atoms with Gasteiger partial charge in [0.15, 0.2) is 4.08 Å². The van der Waals surface area contributed by atoms with Crippen LogP contribution in [0.2, 0.25) is 0 Å². The Labute approximate surface area is 128 Å². The fraction of sp³-hybridized carbons (Fsp3) is 0.533. The molecule has 1 N–H and O–H groups in total. The first-order valence-electron chi connectivity index (χ1n) is 6.80. The molecule has 1 aromatic rings. The summed E-state index contributed by atoms with van der Waals surface area (Å²) in [5, 5.41) is 10.8. The van der Waals surface area contributed by atoms with Crippen molar-refractivity contribution in [2.75, 3.05) is 18.1 Å². The monoisotopic (exact) mass is 312 g/mol. The second kappa shape index (κ2) is 6.87. The predicted molar refractivity (Wildman–Crippen MR) is 85.1 cm³/mol. The smallest absolute Gasteiger partial charge is 0.335 e. The summed E-state index contributed by atoms with van der Waals surface area (Å²) in [6, 6.07) is 9.81. The zero-order valence-corrected chi connectivity index (χ0v) is 13.4. The van der Waals surface area contributed by atoms with Crippen LogP contribution >= 0.6 is 23.5 Å². The molecule has 0 aliphatic carbocycles. The molecule has 1 fully saturated rings. The van der Waals surface area contributed by atoms with Crippen LogP contribution in [-0.4, -0.2) is 39.4 Å². The van der Waals surface area contributed by atoms with Crippen LogP contribution in [0.5, 0.6) is 0 Å². The molecule has 1 aliphatic rings. The second-order valence-corrected chi connectivity index (χ2v) is 7.67. The average Bonchev–Trinajstić information content (AvgIpc) is 2.98. The van der Waals surface area contributed by atoms with Crippen LogP contribution in [-0.2, 0) is 9.53 Å². The Morgan fingerprint density at radius 3 is 2.50 bits per heavy atom. The highest BCUT2D eigenvalue weighted by Gasteiger charge is 2.52. The lowest BCUT2D eigenvalue weighted by Gasteiger charge is -2.33. The number of carbonyl (C=O) groups excluding carboxylic acids is 1. The Kier molecular flexibility index (Phi) is 5.41. The molecule has 1 aliphatic heterocycles. The van der Waals surface area contributed by atoms with Crippen molar-refractivity contribution >= 4 is 29.5 Å². The maximum atomic E-state index is 12.3. The molecule has 0 saturated carbocycles. The van der Waals surface area contributed by atoms with E-state index in [9.17, 15) is 9.90 Å². The van der Waals surface area contributed by atoms with Gasteiger partial charge in [0.2, 0.25) is 0 Å². The Morgan fingerprint density at radius 1 is 1.35 bits per heavy atom. The van der Waals surface area contributed by atoms with Crippen molar-refractivity contribution < 1.29 is 14.6 Å². The number of rotatable bonds is 5. The Morgan fingerprint density at radius 2 is 1.95 bits per heavy atom. The maximum absolute atomic E-state index is 12.3. The van der Waals surface area contributed by atoms with Gasteiger partial charge in [0.05, 0.1) is 12.7 Å². The minimum Gasteiger partial charge on any atom is -0.464 e. The van der Waals surface area contributed by atoms with E-state index in [4.69, 9.17) is 4.74 Å². The van der Waals surface area contributed by atoms with Crippen molar-refractivity contribution in [2.24, 2.45) is 0 Å². The molecule has 0 radical (unpaired) electrons. The van der Waals surface area contributed by atoms with Crippen molar-refractivity contribution in [3.8, 4) is 0 Å². The zero-order chi connectivity index (χ0) is 14.6. The van der Waals surface area contributed by atoms with Gasteiger partial charge in [-0.2, -0.15) is 0 Å². The number of thioether (sulfide) groups is 2. The van der Waals surface area contributed by atoms with Crippen molar-refractivity contribution in [2.45, 2.75) is 29.9 Å². The quantitative estimate of drug-likeness (QED) is 0.847. The third kappa shape index (κ3) is 3.00. The number of hydrogen-bond donors (Lipinski definition) is 1. The Hall–Kier alpha value is -0.650. The molecule has 0 amide bonds. The lowest BCUT2D eigenvalue weighted by molar-refractivity contribution is -0.146. The standard InChI is InChI=1S/C15H20O3S2/c1-3-18-14(17)15(19-9-10-20-15)13(16)11(2)12-7-5-4-6-8-12/h4-8,11,13,16H,3,9-10H2,1-2H3/t11-,13+/m1/s1. The second-order valence-electron chi connectivity index (χ2n) is 4.73. The third-order valence-electron chi connectivity index (χ3n) is 3.46. The minimum absolute atomic E-state index is 0.112. The molecule has 1 aromatic carbocycles. The van der Waals surface area contributed by atoms with E-state index in [1.807, 2.05) is 37.3 Å². The summed E-state index contributed by atoms with van der Waals surface area (Å²) in [6.45, 7) is 4.09. The first-order valence-corrected chi connectivity index (χ1v) is 8.77. The Bertz CT molecular complexity index is 444. The van der Waals surface area contributed by atoms with E-state index >= 15 is 0 Å². The summed E-state index contributed by atoms with van der Waals surface area (Å²) in [6.07, 6.45) is -0.763. The van der Waals surface area contributed by atoms with E-state index in [0.29, 0.717) is 6.61 Å². The maximum Gasteiger partial charge on any atom is 0.335 e. The number of benzene rings is 1. The normalized spacial score (nSPS) is 20.4. The molecule has 0 unspecified atom stereocenters. The molecule has 5 heteroatoms. The molecule has 0 aromatic heterocycles. The van der Waals surface area contributed by atoms with E-state index in [2.05, 4.69) is 0 Å². The molecule has 1 heterocycles. The summed E-state index contributed by atoms with van der Waals surface area (Å²) in [5.74, 6) is 1.31. The van der Waals surface area contributed by atoms with Crippen molar-refractivity contribution in [1.29, 1.82) is 0 Å². The lowest BCUT2D eigenvalue weighted by Crippen LogP contribution is -2.46. The summed E-state index contributed by atoms with van der Waals surface area (Å²) in [7, 11) is 0. The number of hydrogen-bond acceptors (Lipinski definition) is 5. The molecule has 3 nitrogen and oxygen atoms in total. The number of esters is 1. The fourth-order valence-electron chi connectivity index (χ4n) is 2.34. The zero-order valence-electron chi connectivity index (χ0n) is 11.7. The van der Waals surface area contributed by atoms with Crippen LogP contribution < -0.4 is 0 Å². The van der Waals surface area contributed by atoms with Gasteiger partial charge in [-0.25, -0.2) is 4.79 Å². The van der Waals surface area contributed by atoms with Crippen LogP contribution in [0.1, 0.15) is 25.3 Å². The molecule has 2 rings (SSSR count). The first-order chi connectivity index (χ1) is 9.62. The van der Waals surface area contributed by atoms with Gasteiger partial charge in [-0.3, -0.25) is 0 Å². The highest BCUT2D eigenvalue weighted by atomic mass is 32.2.